The van der Waals surface area contributed by atoms with Crippen LogP contribution in [0.2, 0.25) is 0 Å². The van der Waals surface area contributed by atoms with E-state index in [1.807, 2.05) is 33.0 Å². The molecule has 1 aromatic heterocycles. The highest BCUT2D eigenvalue weighted by atomic mass is 16.1. The molecule has 16 heavy (non-hydrogen) atoms. The molecule has 0 saturated carbocycles. The molecule has 0 spiro atoms. The van der Waals surface area contributed by atoms with Crippen LogP contribution in [0.1, 0.15) is 39.3 Å². The summed E-state index contributed by atoms with van der Waals surface area (Å²) in [6, 6.07) is 1.94. The molecule has 1 heterocycles. The van der Waals surface area contributed by atoms with E-state index in [4.69, 9.17) is 0 Å². The van der Waals surface area contributed by atoms with E-state index in [1.54, 1.807) is 4.68 Å². The number of nitrogens with one attached hydrogen (secondary N) is 1. The van der Waals surface area contributed by atoms with Crippen LogP contribution < -0.4 is 5.32 Å². The maximum absolute atomic E-state index is 11.6. The molecule has 4 nitrogen and oxygen atoms in total. The number of carbonyl (C=O) groups excluding carboxylic acids is 1. The molecular formula is C12H21N3O. The molecule has 0 aromatic carbocycles. The fourth-order valence-electron chi connectivity index (χ4n) is 1.33. The van der Waals surface area contributed by atoms with E-state index in [2.05, 4.69) is 17.3 Å². The predicted molar refractivity (Wildman–Crippen MR) is 64.1 cm³/mol. The second-order valence-corrected chi connectivity index (χ2v) is 4.76. The number of amides is 1. The topological polar surface area (TPSA) is 46.9 Å². The minimum atomic E-state index is -0.114. The molecule has 0 atom stereocenters. The van der Waals surface area contributed by atoms with Crippen LogP contribution in [0, 0.1) is 6.92 Å². The van der Waals surface area contributed by atoms with Gasteiger partial charge in [0.05, 0.1) is 5.69 Å². The molecule has 4 heteroatoms. The highest BCUT2D eigenvalue weighted by Crippen LogP contribution is 2.07. The second kappa shape index (κ2) is 5.14. The summed E-state index contributed by atoms with van der Waals surface area (Å²) in [6.07, 6.45) is 3.30. The van der Waals surface area contributed by atoms with Gasteiger partial charge in [-0.15, -0.1) is 0 Å². The van der Waals surface area contributed by atoms with Gasteiger partial charge in [-0.2, -0.15) is 5.10 Å². The van der Waals surface area contributed by atoms with Crippen molar-refractivity contribution in [1.82, 2.24) is 15.1 Å². The molecule has 1 aromatic rings. The summed E-state index contributed by atoms with van der Waals surface area (Å²) >= 11 is 0. The Bertz CT molecular complexity index is 355. The zero-order valence-corrected chi connectivity index (χ0v) is 10.6. The number of carbonyl (C=O) groups is 1. The first kappa shape index (κ1) is 12.7. The standard InChI is InChI=1S/C12H21N3O/c1-5-12(3,4)13-11(16)7-9-15-8-6-10(2)14-15/h6,8H,5,7,9H2,1-4H3,(H,13,16). The number of nitrogens with zero attached hydrogens (tertiary/aromatic N) is 2. The van der Waals surface area contributed by atoms with Crippen LogP contribution in [0.25, 0.3) is 0 Å². The van der Waals surface area contributed by atoms with Crippen molar-refractivity contribution in [2.24, 2.45) is 0 Å². The van der Waals surface area contributed by atoms with Gasteiger partial charge in [0.15, 0.2) is 0 Å². The lowest BCUT2D eigenvalue weighted by molar-refractivity contribution is -0.123. The van der Waals surface area contributed by atoms with Crippen LogP contribution >= 0.6 is 0 Å². The minimum absolute atomic E-state index is 0.0833. The molecule has 0 aliphatic rings. The van der Waals surface area contributed by atoms with E-state index in [0.29, 0.717) is 13.0 Å². The van der Waals surface area contributed by atoms with E-state index in [-0.39, 0.29) is 11.4 Å². The Morgan fingerprint density at radius 3 is 2.75 bits per heavy atom. The van der Waals surface area contributed by atoms with Crippen molar-refractivity contribution in [1.29, 1.82) is 0 Å². The molecule has 1 amide bonds. The van der Waals surface area contributed by atoms with E-state index in [9.17, 15) is 4.79 Å². The minimum Gasteiger partial charge on any atom is -0.351 e. The molecule has 0 fully saturated rings. The maximum Gasteiger partial charge on any atom is 0.222 e. The largest absolute Gasteiger partial charge is 0.351 e. The van der Waals surface area contributed by atoms with Gasteiger partial charge in [0.25, 0.3) is 0 Å². The smallest absolute Gasteiger partial charge is 0.222 e. The summed E-state index contributed by atoms with van der Waals surface area (Å²) in [4.78, 5) is 11.6. The lowest BCUT2D eigenvalue weighted by atomic mass is 10.0. The number of aromatic nitrogens is 2. The van der Waals surface area contributed by atoms with Crippen molar-refractivity contribution >= 4 is 5.91 Å². The predicted octanol–water partition coefficient (Wildman–Crippen LogP) is 1.89. The monoisotopic (exact) mass is 223 g/mol. The van der Waals surface area contributed by atoms with Crippen molar-refractivity contribution in [2.75, 3.05) is 0 Å². The Morgan fingerprint density at radius 2 is 2.25 bits per heavy atom. The van der Waals surface area contributed by atoms with Gasteiger partial charge in [-0.1, -0.05) is 6.92 Å². The molecule has 0 saturated heterocycles. The van der Waals surface area contributed by atoms with Crippen LogP contribution in [-0.2, 0) is 11.3 Å². The van der Waals surface area contributed by atoms with Gasteiger partial charge in [-0.05, 0) is 33.3 Å². The van der Waals surface area contributed by atoms with Crippen molar-refractivity contribution in [3.05, 3.63) is 18.0 Å². The number of hydrogen-bond acceptors (Lipinski definition) is 2. The molecular weight excluding hydrogens is 202 g/mol. The molecule has 1 N–H and O–H groups in total. The van der Waals surface area contributed by atoms with Gasteiger partial charge in [0, 0.05) is 24.7 Å². The van der Waals surface area contributed by atoms with E-state index >= 15 is 0 Å². The maximum atomic E-state index is 11.6. The first-order valence-corrected chi connectivity index (χ1v) is 5.74. The van der Waals surface area contributed by atoms with Crippen LogP contribution in [-0.4, -0.2) is 21.2 Å². The molecule has 0 unspecified atom stereocenters. The number of rotatable bonds is 5. The average Bonchev–Trinajstić information content (AvgIpc) is 2.61. The summed E-state index contributed by atoms with van der Waals surface area (Å²) in [7, 11) is 0. The van der Waals surface area contributed by atoms with Crippen molar-refractivity contribution in [2.45, 2.75) is 52.6 Å². The zero-order valence-electron chi connectivity index (χ0n) is 10.6. The summed E-state index contributed by atoms with van der Waals surface area (Å²) in [6.45, 7) is 8.71. The van der Waals surface area contributed by atoms with Gasteiger partial charge in [-0.3, -0.25) is 9.48 Å². The molecule has 90 valence electrons. The van der Waals surface area contributed by atoms with Crippen molar-refractivity contribution in [3.8, 4) is 0 Å². The Balaban J connectivity index is 2.36. The Labute approximate surface area is 97.0 Å². The van der Waals surface area contributed by atoms with Gasteiger partial charge < -0.3 is 5.32 Å². The Kier molecular flexibility index (Phi) is 4.10. The first-order valence-electron chi connectivity index (χ1n) is 5.74. The van der Waals surface area contributed by atoms with E-state index in [0.717, 1.165) is 12.1 Å². The summed E-state index contributed by atoms with van der Waals surface area (Å²) < 4.78 is 1.80. The lowest BCUT2D eigenvalue weighted by Crippen LogP contribution is -2.43. The third-order valence-corrected chi connectivity index (χ3v) is 2.70. The Morgan fingerprint density at radius 1 is 1.56 bits per heavy atom. The second-order valence-electron chi connectivity index (χ2n) is 4.76. The third kappa shape index (κ3) is 4.04. The quantitative estimate of drug-likeness (QED) is 0.828. The van der Waals surface area contributed by atoms with Gasteiger partial charge in [0.1, 0.15) is 0 Å². The SMILES string of the molecule is CCC(C)(C)NC(=O)CCn1ccc(C)n1. The molecule has 0 aliphatic heterocycles. The zero-order chi connectivity index (χ0) is 12.2. The molecule has 1 rings (SSSR count). The highest BCUT2D eigenvalue weighted by molar-refractivity contribution is 5.76. The normalized spacial score (nSPS) is 11.5. The molecule has 0 aliphatic carbocycles. The van der Waals surface area contributed by atoms with Gasteiger partial charge in [0.2, 0.25) is 5.91 Å². The average molecular weight is 223 g/mol. The summed E-state index contributed by atoms with van der Waals surface area (Å²) in [5, 5.41) is 7.24. The van der Waals surface area contributed by atoms with Gasteiger partial charge in [-0.25, -0.2) is 0 Å². The fourth-order valence-corrected chi connectivity index (χ4v) is 1.33. The summed E-state index contributed by atoms with van der Waals surface area (Å²) in [5.41, 5.74) is 0.867. The van der Waals surface area contributed by atoms with Crippen LogP contribution in [0.5, 0.6) is 0 Å². The van der Waals surface area contributed by atoms with Gasteiger partial charge >= 0.3 is 0 Å². The van der Waals surface area contributed by atoms with Crippen molar-refractivity contribution in [3.63, 3.8) is 0 Å². The number of hydrogen-bond donors (Lipinski definition) is 1. The lowest BCUT2D eigenvalue weighted by Gasteiger charge is -2.24. The Hall–Kier alpha value is -1.32. The van der Waals surface area contributed by atoms with Crippen LogP contribution in [0.3, 0.4) is 0 Å². The molecule has 0 radical (unpaired) electrons. The van der Waals surface area contributed by atoms with E-state index in [1.165, 1.54) is 0 Å². The van der Waals surface area contributed by atoms with Crippen LogP contribution in [0.15, 0.2) is 12.3 Å². The molecule has 0 bridgehead atoms. The van der Waals surface area contributed by atoms with E-state index < -0.39 is 0 Å². The van der Waals surface area contributed by atoms with Crippen LogP contribution in [0.4, 0.5) is 0 Å². The third-order valence-electron chi connectivity index (χ3n) is 2.70. The van der Waals surface area contributed by atoms with Crippen molar-refractivity contribution < 1.29 is 4.79 Å². The highest BCUT2D eigenvalue weighted by Gasteiger charge is 2.17. The fraction of sp³-hybridized carbons (Fsp3) is 0.667. The first-order chi connectivity index (χ1) is 7.43. The number of aryl methyl sites for hydroxylation is 2. The summed E-state index contributed by atoms with van der Waals surface area (Å²) in [5.74, 6) is 0.0833.